The molecule has 5 aliphatic rings. The number of guanidine groups is 1. The normalized spacial score (nSPS) is 24.9. The molecule has 67 heavy (non-hydrogen) atoms. The highest BCUT2D eigenvalue weighted by molar-refractivity contribution is 5.82. The Balaban J connectivity index is 0.852. The highest BCUT2D eigenvalue weighted by Gasteiger charge is 2.45. The lowest BCUT2D eigenvalue weighted by Gasteiger charge is -2.49. The minimum absolute atomic E-state index is 0.00438. The molecule has 2 saturated heterocycles. The highest BCUT2D eigenvalue weighted by atomic mass is 16.6. The summed E-state index contributed by atoms with van der Waals surface area (Å²) >= 11 is 0. The summed E-state index contributed by atoms with van der Waals surface area (Å²) in [6, 6.07) is 16.3. The number of aryl methyl sites for hydroxylation is 2. The van der Waals surface area contributed by atoms with Crippen molar-refractivity contribution in [3.63, 3.8) is 0 Å². The van der Waals surface area contributed by atoms with Crippen molar-refractivity contribution in [2.24, 2.45) is 9.98 Å². The Morgan fingerprint density at radius 2 is 1.88 bits per heavy atom. The molecule has 9 rings (SSSR count). The van der Waals surface area contributed by atoms with Crippen LogP contribution in [0.1, 0.15) is 93.1 Å². The van der Waals surface area contributed by atoms with Crippen LogP contribution in [0.3, 0.4) is 0 Å². The second-order valence-electron chi connectivity index (χ2n) is 18.3. The Labute approximate surface area is 390 Å². The van der Waals surface area contributed by atoms with Crippen LogP contribution >= 0.6 is 0 Å². The molecular formula is C51H60N8O8. The van der Waals surface area contributed by atoms with Crippen LogP contribution in [-0.2, 0) is 33.5 Å². The largest absolute Gasteiger partial charge is 0.504 e. The quantitative estimate of drug-likeness (QED) is 0.0392. The van der Waals surface area contributed by atoms with E-state index in [0.717, 1.165) is 79.8 Å². The van der Waals surface area contributed by atoms with E-state index in [4.69, 9.17) is 29.7 Å². The van der Waals surface area contributed by atoms with Gasteiger partial charge in [0.2, 0.25) is 5.75 Å². The number of nitrogens with one attached hydrogen (secondary N) is 2. The van der Waals surface area contributed by atoms with Gasteiger partial charge in [-0.1, -0.05) is 12.1 Å². The number of nitrogens with two attached hydrogens (primary N) is 1. The predicted octanol–water partition coefficient (Wildman–Crippen LogP) is 6.71. The summed E-state index contributed by atoms with van der Waals surface area (Å²) < 4.78 is 25.0. The van der Waals surface area contributed by atoms with Gasteiger partial charge in [-0.05, 0) is 116 Å². The second-order valence-corrected chi connectivity index (χ2v) is 18.3. The fraction of sp³-hybridized carbons (Fsp3) is 0.431. The van der Waals surface area contributed by atoms with Crippen LogP contribution in [0, 0.1) is 0 Å². The van der Waals surface area contributed by atoms with Crippen LogP contribution in [0.4, 0.5) is 5.82 Å². The molecule has 7 N–H and O–H groups in total. The molecule has 3 fully saturated rings. The molecule has 0 bridgehead atoms. The van der Waals surface area contributed by atoms with Crippen LogP contribution in [0.25, 0.3) is 0 Å². The van der Waals surface area contributed by atoms with Crippen LogP contribution in [0.2, 0.25) is 0 Å². The molecule has 352 valence electrons. The average molecular weight is 913 g/mol. The molecule has 16 nitrogen and oxygen atoms in total. The van der Waals surface area contributed by atoms with Crippen molar-refractivity contribution < 1.29 is 39.1 Å². The van der Waals surface area contributed by atoms with Crippen molar-refractivity contribution in [1.82, 2.24) is 25.5 Å². The van der Waals surface area contributed by atoms with Crippen molar-refractivity contribution in [1.29, 1.82) is 0 Å². The summed E-state index contributed by atoms with van der Waals surface area (Å²) in [7, 11) is 0. The Bertz CT molecular complexity index is 2530. The van der Waals surface area contributed by atoms with Crippen LogP contribution < -0.4 is 25.8 Å². The molecular weight excluding hydrogens is 853 g/mol. The topological polar surface area (TPSA) is 218 Å². The lowest BCUT2D eigenvalue weighted by molar-refractivity contribution is -0.160. The number of aromatic hydroxyl groups is 3. The average Bonchev–Trinajstić information content (AvgIpc) is 3.93. The van der Waals surface area contributed by atoms with Gasteiger partial charge in [-0.15, -0.1) is 0 Å². The number of pyridine rings is 2. The number of hydrogen-bond donors (Lipinski definition) is 6. The lowest BCUT2D eigenvalue weighted by Crippen LogP contribution is -2.67. The third kappa shape index (κ3) is 11.4. The number of phenols is 3. The maximum absolute atomic E-state index is 12.2. The maximum Gasteiger partial charge on any atom is 0.302 e. The van der Waals surface area contributed by atoms with Crippen LogP contribution in [0.5, 0.6) is 28.7 Å². The third-order valence-electron chi connectivity index (χ3n) is 13.3. The molecule has 0 amide bonds. The van der Waals surface area contributed by atoms with E-state index in [2.05, 4.69) is 42.8 Å². The van der Waals surface area contributed by atoms with E-state index in [1.165, 1.54) is 18.6 Å². The monoisotopic (exact) mass is 912 g/mol. The second kappa shape index (κ2) is 20.4. The number of rotatable bonds is 16. The first kappa shape index (κ1) is 45.4. The molecule has 6 heterocycles. The minimum atomic E-state index is -0.541. The number of carbonyl (C=O) groups is 1. The van der Waals surface area contributed by atoms with Gasteiger partial charge in [-0.2, -0.15) is 0 Å². The van der Waals surface area contributed by atoms with Crippen LogP contribution in [0.15, 0.2) is 107 Å². The van der Waals surface area contributed by atoms with Gasteiger partial charge in [0.15, 0.2) is 29.0 Å². The molecule has 4 aliphatic heterocycles. The van der Waals surface area contributed by atoms with Crippen molar-refractivity contribution >= 4 is 24.0 Å². The van der Waals surface area contributed by atoms with Gasteiger partial charge in [-0.3, -0.25) is 19.8 Å². The number of nitrogen functional groups attached to an aromatic ring is 1. The van der Waals surface area contributed by atoms with E-state index in [9.17, 15) is 20.1 Å². The summed E-state index contributed by atoms with van der Waals surface area (Å²) in [5.74, 6) is 0.889. The number of anilines is 1. The molecule has 2 aromatic carbocycles. The number of fused-ring (bicyclic) bond motifs is 1. The first-order valence-corrected chi connectivity index (χ1v) is 23.4. The summed E-state index contributed by atoms with van der Waals surface area (Å²) in [5.41, 5.74) is 11.5. The zero-order valence-electron chi connectivity index (χ0n) is 37.8. The van der Waals surface area contributed by atoms with Crippen molar-refractivity contribution in [2.75, 3.05) is 25.4 Å². The Kier molecular flexibility index (Phi) is 13.8. The number of nitrogens with zero attached hydrogens (tertiary/aromatic N) is 5. The fourth-order valence-corrected chi connectivity index (χ4v) is 10.0. The van der Waals surface area contributed by atoms with E-state index in [1.807, 2.05) is 42.6 Å². The van der Waals surface area contributed by atoms with E-state index < -0.39 is 12.2 Å². The number of benzene rings is 2. The van der Waals surface area contributed by atoms with Gasteiger partial charge < -0.3 is 55.5 Å². The zero-order chi connectivity index (χ0) is 46.3. The summed E-state index contributed by atoms with van der Waals surface area (Å²) in [5, 5.41) is 40.1. The minimum Gasteiger partial charge on any atom is -0.504 e. The number of aromatic nitrogens is 2. The number of phenolic OH excluding ortho intramolecular Hbond substituents is 3. The molecule has 16 heteroatoms. The molecule has 1 saturated carbocycles. The maximum atomic E-state index is 12.2. The van der Waals surface area contributed by atoms with Gasteiger partial charge in [-0.25, -0.2) is 4.98 Å². The number of esters is 1. The van der Waals surface area contributed by atoms with Gasteiger partial charge in [0.1, 0.15) is 24.2 Å². The smallest absolute Gasteiger partial charge is 0.302 e. The summed E-state index contributed by atoms with van der Waals surface area (Å²) in [4.78, 5) is 32.3. The molecule has 0 unspecified atom stereocenters. The standard InChI is InChI=1S/C51H60N8O8/c1-32(60)65-40-25-38(66-44(26-40)37-23-43(62)49(63)46(24-37)64-20-14-35-6-3-16-53-29-35)10-8-34-9-11-42(61)45(21-34)67-39-7-2-15-51(27-39)28-48(59-30-36-13-19-54-41(36)31-59)57-50(58-51)56-17-4-5-33-12-18-55-47(52)22-33/h3,6,9,11-13,16,18-19,21-24,29,31,38-40,44,48,61-63H,2,4-5,7-8,10,14-15,17,20,25-28,30H2,1H3,(H2,52,55)(H2,56,57,58)/t38-,39+,40+,44-,48-,51+/m0/s1. The van der Waals surface area contributed by atoms with E-state index >= 15 is 0 Å². The van der Waals surface area contributed by atoms with Gasteiger partial charge in [0.25, 0.3) is 0 Å². The van der Waals surface area contributed by atoms with E-state index in [-0.39, 0.29) is 59.5 Å². The molecule has 6 atom stereocenters. The van der Waals surface area contributed by atoms with Gasteiger partial charge >= 0.3 is 5.97 Å². The number of carbonyl (C=O) groups excluding carboxylic acids is 1. The number of ether oxygens (including phenoxy) is 4. The highest BCUT2D eigenvalue weighted by Crippen LogP contribution is 2.44. The van der Waals surface area contributed by atoms with E-state index in [1.54, 1.807) is 30.7 Å². The summed E-state index contributed by atoms with van der Waals surface area (Å²) in [6.07, 6.45) is 18.5. The Hall–Kier alpha value is -6.81. The third-order valence-corrected chi connectivity index (χ3v) is 13.3. The lowest BCUT2D eigenvalue weighted by atomic mass is 9.76. The number of hydrogen-bond acceptors (Lipinski definition) is 14. The number of allylic oxidation sites excluding steroid dienone is 1. The Morgan fingerprint density at radius 3 is 2.72 bits per heavy atom. The predicted molar refractivity (Wildman–Crippen MR) is 253 cm³/mol. The zero-order valence-corrected chi connectivity index (χ0v) is 37.8. The van der Waals surface area contributed by atoms with Crippen LogP contribution in [-0.4, -0.2) is 98.0 Å². The van der Waals surface area contributed by atoms with Crippen molar-refractivity contribution in [3.05, 3.63) is 119 Å². The van der Waals surface area contributed by atoms with Crippen molar-refractivity contribution in [2.45, 2.75) is 120 Å². The first-order chi connectivity index (χ1) is 32.5. The molecule has 1 aliphatic carbocycles. The van der Waals surface area contributed by atoms with E-state index in [0.29, 0.717) is 55.8 Å². The molecule has 2 aromatic heterocycles. The van der Waals surface area contributed by atoms with Gasteiger partial charge in [0.05, 0.1) is 24.5 Å². The first-order valence-electron chi connectivity index (χ1n) is 23.4. The summed E-state index contributed by atoms with van der Waals surface area (Å²) in [6.45, 7) is 3.07. The SMILES string of the molecule is CC(=O)O[C@@H]1C[C@H](CCc2ccc(O)c(O[C@@H]3CCC[C@@]4(C3)C[C@H](N3C=C5N=CC=C5C3)NC(=NCCCc3ccnc(N)c3)N4)c2)O[C@H](c2cc(O)c(O)c(OCCc3cccnc3)c2)C1. The molecule has 0 radical (unpaired) electrons. The van der Waals surface area contributed by atoms with Gasteiger partial charge in [0, 0.05) is 94.2 Å². The molecule has 4 aromatic rings. The molecule has 1 spiro atoms. The fourth-order valence-electron chi connectivity index (χ4n) is 10.0. The Morgan fingerprint density at radius 1 is 0.985 bits per heavy atom. The number of aliphatic imine (C=N–C) groups is 2. The van der Waals surface area contributed by atoms with Crippen molar-refractivity contribution in [3.8, 4) is 28.7 Å².